The molecule has 3 rings (SSSR count). The second-order valence-corrected chi connectivity index (χ2v) is 5.67. The van der Waals surface area contributed by atoms with Crippen molar-refractivity contribution < 1.29 is 9.90 Å². The Morgan fingerprint density at radius 1 is 1.05 bits per heavy atom. The minimum atomic E-state index is -0.642. The Kier molecular flexibility index (Phi) is 3.68. The molecule has 104 valence electrons. The molecule has 1 fully saturated rings. The van der Waals surface area contributed by atoms with Crippen LogP contribution in [-0.2, 0) is 4.79 Å². The summed E-state index contributed by atoms with van der Waals surface area (Å²) < 4.78 is 0. The average Bonchev–Trinajstić information content (AvgIpc) is 2.73. The molecule has 0 spiro atoms. The number of aliphatic carboxylic acids is 1. The quantitative estimate of drug-likeness (QED) is 0.839. The molecule has 3 heteroatoms. The highest BCUT2D eigenvalue weighted by Gasteiger charge is 2.25. The lowest BCUT2D eigenvalue weighted by Gasteiger charge is -2.14. The Morgan fingerprint density at radius 2 is 1.90 bits per heavy atom. The third-order valence-electron chi connectivity index (χ3n) is 4.36. The first-order valence-corrected chi connectivity index (χ1v) is 7.32. The van der Waals surface area contributed by atoms with Gasteiger partial charge in [-0.05, 0) is 37.8 Å². The van der Waals surface area contributed by atoms with Gasteiger partial charge in [0.1, 0.15) is 0 Å². The molecule has 1 heterocycles. The molecule has 2 aromatic rings. The van der Waals surface area contributed by atoms with Crippen LogP contribution in [0, 0.1) is 5.92 Å². The van der Waals surface area contributed by atoms with E-state index in [-0.39, 0.29) is 5.92 Å². The SMILES string of the molecule is O=C(O)C1CCCC(c2ccc3ccccc3n2)CC1. The van der Waals surface area contributed by atoms with Crippen molar-refractivity contribution in [2.45, 2.75) is 38.0 Å². The number of pyridine rings is 1. The summed E-state index contributed by atoms with van der Waals surface area (Å²) >= 11 is 0. The lowest BCUT2D eigenvalue weighted by Crippen LogP contribution is -2.12. The van der Waals surface area contributed by atoms with Gasteiger partial charge in [-0.3, -0.25) is 9.78 Å². The third kappa shape index (κ3) is 2.67. The number of fused-ring (bicyclic) bond motifs is 1. The number of aromatic nitrogens is 1. The zero-order valence-electron chi connectivity index (χ0n) is 11.5. The van der Waals surface area contributed by atoms with Gasteiger partial charge in [0, 0.05) is 17.0 Å². The molecule has 2 unspecified atom stereocenters. The van der Waals surface area contributed by atoms with Crippen LogP contribution in [0.2, 0.25) is 0 Å². The molecule has 1 N–H and O–H groups in total. The van der Waals surface area contributed by atoms with Gasteiger partial charge in [-0.25, -0.2) is 0 Å². The van der Waals surface area contributed by atoms with Crippen LogP contribution in [0.15, 0.2) is 36.4 Å². The number of carboxylic acids is 1. The summed E-state index contributed by atoms with van der Waals surface area (Å²) in [6.45, 7) is 0. The summed E-state index contributed by atoms with van der Waals surface area (Å²) in [4.78, 5) is 15.9. The van der Waals surface area contributed by atoms with Crippen LogP contribution >= 0.6 is 0 Å². The van der Waals surface area contributed by atoms with Crippen molar-refractivity contribution in [3.05, 3.63) is 42.1 Å². The Labute approximate surface area is 118 Å². The summed E-state index contributed by atoms with van der Waals surface area (Å²) in [5, 5.41) is 10.3. The number of rotatable bonds is 2. The molecule has 3 nitrogen and oxygen atoms in total. The maximum Gasteiger partial charge on any atom is 0.306 e. The summed E-state index contributed by atoms with van der Waals surface area (Å²) in [6, 6.07) is 12.4. The number of nitrogens with zero attached hydrogens (tertiary/aromatic N) is 1. The molecule has 0 amide bonds. The third-order valence-corrected chi connectivity index (χ3v) is 4.36. The first-order valence-electron chi connectivity index (χ1n) is 7.32. The summed E-state index contributed by atoms with van der Waals surface area (Å²) in [5.41, 5.74) is 2.15. The summed E-state index contributed by atoms with van der Waals surface area (Å²) in [7, 11) is 0. The molecule has 1 aliphatic carbocycles. The Bertz CT molecular complexity index is 623. The molecular formula is C17H19NO2. The lowest BCUT2D eigenvalue weighted by atomic mass is 9.94. The van der Waals surface area contributed by atoms with Crippen LogP contribution in [0.25, 0.3) is 10.9 Å². The van der Waals surface area contributed by atoms with E-state index < -0.39 is 5.97 Å². The molecule has 1 aliphatic rings. The van der Waals surface area contributed by atoms with Gasteiger partial charge < -0.3 is 5.11 Å². The second-order valence-electron chi connectivity index (χ2n) is 5.67. The largest absolute Gasteiger partial charge is 0.481 e. The van der Waals surface area contributed by atoms with Crippen molar-refractivity contribution in [1.82, 2.24) is 4.98 Å². The Balaban J connectivity index is 1.82. The molecule has 0 radical (unpaired) electrons. The zero-order chi connectivity index (χ0) is 13.9. The highest BCUT2D eigenvalue weighted by atomic mass is 16.4. The summed E-state index contributed by atoms with van der Waals surface area (Å²) in [5.74, 6) is -0.401. The van der Waals surface area contributed by atoms with E-state index in [0.29, 0.717) is 5.92 Å². The number of para-hydroxylation sites is 1. The van der Waals surface area contributed by atoms with Gasteiger partial charge in [-0.1, -0.05) is 30.7 Å². The van der Waals surface area contributed by atoms with Gasteiger partial charge in [-0.2, -0.15) is 0 Å². The van der Waals surface area contributed by atoms with Crippen molar-refractivity contribution in [1.29, 1.82) is 0 Å². The van der Waals surface area contributed by atoms with E-state index in [1.54, 1.807) is 0 Å². The monoisotopic (exact) mass is 269 g/mol. The molecule has 0 aliphatic heterocycles. The molecule has 1 aromatic carbocycles. The lowest BCUT2D eigenvalue weighted by molar-refractivity contribution is -0.142. The van der Waals surface area contributed by atoms with Crippen LogP contribution in [0.5, 0.6) is 0 Å². The average molecular weight is 269 g/mol. The van der Waals surface area contributed by atoms with Crippen molar-refractivity contribution in [2.24, 2.45) is 5.92 Å². The van der Waals surface area contributed by atoms with Gasteiger partial charge in [0.25, 0.3) is 0 Å². The molecule has 1 saturated carbocycles. The standard InChI is InChI=1S/C17H19NO2/c19-17(20)14-6-3-5-13(8-9-14)16-11-10-12-4-1-2-7-15(12)18-16/h1-2,4,7,10-11,13-14H,3,5-6,8-9H2,(H,19,20). The summed E-state index contributed by atoms with van der Waals surface area (Å²) in [6.07, 6.45) is 4.54. The van der Waals surface area contributed by atoms with Crippen LogP contribution in [-0.4, -0.2) is 16.1 Å². The fraction of sp³-hybridized carbons (Fsp3) is 0.412. The van der Waals surface area contributed by atoms with Crippen molar-refractivity contribution in [3.63, 3.8) is 0 Å². The van der Waals surface area contributed by atoms with Gasteiger partial charge in [0.2, 0.25) is 0 Å². The van der Waals surface area contributed by atoms with E-state index >= 15 is 0 Å². The van der Waals surface area contributed by atoms with E-state index in [4.69, 9.17) is 10.1 Å². The molecule has 0 bridgehead atoms. The maximum atomic E-state index is 11.1. The molecule has 2 atom stereocenters. The first kappa shape index (κ1) is 13.1. The van der Waals surface area contributed by atoms with Crippen LogP contribution in [0.3, 0.4) is 0 Å². The molecular weight excluding hydrogens is 250 g/mol. The topological polar surface area (TPSA) is 50.2 Å². The number of hydrogen-bond donors (Lipinski definition) is 1. The van der Waals surface area contributed by atoms with Crippen LogP contribution in [0.4, 0.5) is 0 Å². The predicted molar refractivity (Wildman–Crippen MR) is 78.7 cm³/mol. The van der Waals surface area contributed by atoms with Crippen molar-refractivity contribution in [2.75, 3.05) is 0 Å². The van der Waals surface area contributed by atoms with Gasteiger partial charge >= 0.3 is 5.97 Å². The van der Waals surface area contributed by atoms with E-state index in [9.17, 15) is 4.79 Å². The normalized spacial score (nSPS) is 23.4. The van der Waals surface area contributed by atoms with E-state index in [0.717, 1.165) is 48.7 Å². The number of carbonyl (C=O) groups is 1. The van der Waals surface area contributed by atoms with Gasteiger partial charge in [0.05, 0.1) is 11.4 Å². The molecule has 20 heavy (non-hydrogen) atoms. The number of carboxylic acid groups (broad SMARTS) is 1. The highest BCUT2D eigenvalue weighted by molar-refractivity contribution is 5.78. The Hall–Kier alpha value is -1.90. The van der Waals surface area contributed by atoms with Gasteiger partial charge in [0.15, 0.2) is 0 Å². The first-order chi connectivity index (χ1) is 9.74. The van der Waals surface area contributed by atoms with Crippen LogP contribution in [0.1, 0.15) is 43.7 Å². The second kappa shape index (κ2) is 5.61. The predicted octanol–water partition coefficient (Wildman–Crippen LogP) is 3.98. The van der Waals surface area contributed by atoms with Crippen molar-refractivity contribution in [3.8, 4) is 0 Å². The van der Waals surface area contributed by atoms with E-state index in [1.807, 2.05) is 18.2 Å². The van der Waals surface area contributed by atoms with Gasteiger partial charge in [-0.15, -0.1) is 0 Å². The fourth-order valence-corrected chi connectivity index (χ4v) is 3.15. The maximum absolute atomic E-state index is 11.1. The smallest absolute Gasteiger partial charge is 0.306 e. The molecule has 1 aromatic heterocycles. The minimum Gasteiger partial charge on any atom is -0.481 e. The number of benzene rings is 1. The zero-order valence-corrected chi connectivity index (χ0v) is 11.5. The highest BCUT2D eigenvalue weighted by Crippen LogP contribution is 2.34. The fourth-order valence-electron chi connectivity index (χ4n) is 3.15. The van der Waals surface area contributed by atoms with Crippen molar-refractivity contribution >= 4 is 16.9 Å². The van der Waals surface area contributed by atoms with E-state index in [2.05, 4.69) is 18.2 Å². The Morgan fingerprint density at radius 3 is 2.75 bits per heavy atom. The number of hydrogen-bond acceptors (Lipinski definition) is 2. The van der Waals surface area contributed by atoms with E-state index in [1.165, 1.54) is 0 Å². The molecule has 0 saturated heterocycles. The van der Waals surface area contributed by atoms with Crippen LogP contribution < -0.4 is 0 Å². The minimum absolute atomic E-state index is 0.166.